The van der Waals surface area contributed by atoms with E-state index in [0.717, 1.165) is 45.6 Å². The molecule has 29 heavy (non-hydrogen) atoms. The van der Waals surface area contributed by atoms with Gasteiger partial charge in [0.2, 0.25) is 5.91 Å². The van der Waals surface area contributed by atoms with Crippen molar-refractivity contribution in [3.63, 3.8) is 0 Å². The van der Waals surface area contributed by atoms with Crippen LogP contribution in [0.4, 0.5) is 0 Å². The Morgan fingerprint density at radius 2 is 1.66 bits per heavy atom. The summed E-state index contributed by atoms with van der Waals surface area (Å²) in [5.41, 5.74) is 4.00. The number of carbonyl (C=O) groups is 1. The molecule has 0 N–H and O–H groups in total. The number of piperidine rings is 1. The summed E-state index contributed by atoms with van der Waals surface area (Å²) in [5.74, 6) is 1.04. The number of fused-ring (bicyclic) bond motifs is 1. The zero-order valence-electron chi connectivity index (χ0n) is 17.3. The normalized spacial score (nSPS) is 18.1. The van der Waals surface area contributed by atoms with E-state index in [9.17, 15) is 4.79 Å². The van der Waals surface area contributed by atoms with E-state index in [1.165, 1.54) is 29.5 Å². The van der Waals surface area contributed by atoms with E-state index in [0.29, 0.717) is 18.2 Å². The Kier molecular flexibility index (Phi) is 6.79. The lowest BCUT2D eigenvalue weighted by Crippen LogP contribution is -2.37. The summed E-state index contributed by atoms with van der Waals surface area (Å²) in [6.45, 7) is 4.99. The molecule has 0 saturated carbocycles. The quantitative estimate of drug-likeness (QED) is 0.711. The van der Waals surface area contributed by atoms with Crippen molar-refractivity contribution in [3.8, 4) is 0 Å². The summed E-state index contributed by atoms with van der Waals surface area (Å²) in [6, 6.07) is 19.0. The molecule has 3 heteroatoms. The third kappa shape index (κ3) is 5.57. The minimum absolute atomic E-state index is 0.340. The summed E-state index contributed by atoms with van der Waals surface area (Å²) in [5, 5.41) is 0. The van der Waals surface area contributed by atoms with Gasteiger partial charge < -0.3 is 4.90 Å². The van der Waals surface area contributed by atoms with Crippen LogP contribution in [0.1, 0.15) is 42.4 Å². The second kappa shape index (κ2) is 9.89. The lowest BCUT2D eigenvalue weighted by molar-refractivity contribution is -0.132. The van der Waals surface area contributed by atoms with E-state index in [2.05, 4.69) is 76.5 Å². The van der Waals surface area contributed by atoms with Crippen LogP contribution in [0.3, 0.4) is 0 Å². The van der Waals surface area contributed by atoms with Crippen LogP contribution < -0.4 is 0 Å². The minimum Gasteiger partial charge on any atom is -0.338 e. The van der Waals surface area contributed by atoms with Gasteiger partial charge in [-0.3, -0.25) is 9.69 Å². The third-order valence-corrected chi connectivity index (χ3v) is 6.43. The molecular formula is C26H32N2O. The van der Waals surface area contributed by atoms with Gasteiger partial charge in [0.05, 0.1) is 0 Å². The zero-order chi connectivity index (χ0) is 19.9. The van der Waals surface area contributed by atoms with Gasteiger partial charge in [-0.15, -0.1) is 0 Å². The molecule has 0 aromatic heterocycles. The Labute approximate surface area is 175 Å². The summed E-state index contributed by atoms with van der Waals surface area (Å²) in [6.07, 6.45) is 9.67. The fraction of sp³-hybridized carbons (Fsp3) is 0.423. The van der Waals surface area contributed by atoms with Gasteiger partial charge in [-0.2, -0.15) is 0 Å². The van der Waals surface area contributed by atoms with Crippen LogP contribution in [-0.4, -0.2) is 41.9 Å². The number of hydrogen-bond acceptors (Lipinski definition) is 2. The van der Waals surface area contributed by atoms with Crippen LogP contribution in [0.5, 0.6) is 0 Å². The maximum absolute atomic E-state index is 12.7. The first-order chi connectivity index (χ1) is 14.3. The SMILES string of the molecule is O=C(CCC1CCN(C/C=C/c2ccccc2)CC1)N1CCc2ccccc2C1. The topological polar surface area (TPSA) is 23.6 Å². The highest BCUT2D eigenvalue weighted by atomic mass is 16.2. The van der Waals surface area contributed by atoms with Gasteiger partial charge in [-0.1, -0.05) is 66.7 Å². The summed E-state index contributed by atoms with van der Waals surface area (Å²) < 4.78 is 0. The van der Waals surface area contributed by atoms with Crippen molar-refractivity contribution in [2.75, 3.05) is 26.2 Å². The summed E-state index contributed by atoms with van der Waals surface area (Å²) in [7, 11) is 0. The smallest absolute Gasteiger partial charge is 0.222 e. The van der Waals surface area contributed by atoms with Crippen molar-refractivity contribution in [1.82, 2.24) is 9.80 Å². The maximum atomic E-state index is 12.7. The Morgan fingerprint density at radius 1 is 0.931 bits per heavy atom. The fourth-order valence-electron chi connectivity index (χ4n) is 4.55. The van der Waals surface area contributed by atoms with Crippen LogP contribution in [0, 0.1) is 5.92 Å². The van der Waals surface area contributed by atoms with Gasteiger partial charge in [0, 0.05) is 26.1 Å². The largest absolute Gasteiger partial charge is 0.338 e. The Bertz CT molecular complexity index is 822. The molecule has 0 radical (unpaired) electrons. The molecule has 2 heterocycles. The molecular weight excluding hydrogens is 356 g/mol. The van der Waals surface area contributed by atoms with Crippen molar-refractivity contribution in [2.45, 2.75) is 38.6 Å². The lowest BCUT2D eigenvalue weighted by atomic mass is 9.91. The van der Waals surface area contributed by atoms with E-state index in [1.54, 1.807) is 0 Å². The van der Waals surface area contributed by atoms with Crippen LogP contribution in [-0.2, 0) is 17.8 Å². The van der Waals surface area contributed by atoms with E-state index < -0.39 is 0 Å². The van der Waals surface area contributed by atoms with E-state index >= 15 is 0 Å². The van der Waals surface area contributed by atoms with Gasteiger partial charge in [-0.25, -0.2) is 0 Å². The molecule has 152 valence electrons. The predicted molar refractivity (Wildman–Crippen MR) is 119 cm³/mol. The Morgan fingerprint density at radius 3 is 2.45 bits per heavy atom. The molecule has 1 amide bonds. The number of nitrogens with zero attached hydrogens (tertiary/aromatic N) is 2. The average molecular weight is 389 g/mol. The fourth-order valence-corrected chi connectivity index (χ4v) is 4.55. The molecule has 2 aliphatic heterocycles. The minimum atomic E-state index is 0.340. The van der Waals surface area contributed by atoms with Gasteiger partial charge in [0.25, 0.3) is 0 Å². The van der Waals surface area contributed by atoms with Crippen molar-refractivity contribution >= 4 is 12.0 Å². The van der Waals surface area contributed by atoms with Crippen molar-refractivity contribution < 1.29 is 4.79 Å². The molecule has 3 nitrogen and oxygen atoms in total. The molecule has 1 fully saturated rings. The monoisotopic (exact) mass is 388 g/mol. The number of rotatable bonds is 6. The van der Waals surface area contributed by atoms with E-state index in [4.69, 9.17) is 0 Å². The van der Waals surface area contributed by atoms with Gasteiger partial charge in [-0.05, 0) is 61.4 Å². The van der Waals surface area contributed by atoms with Crippen LogP contribution in [0.25, 0.3) is 6.08 Å². The second-order valence-corrected chi connectivity index (χ2v) is 8.43. The number of carbonyl (C=O) groups excluding carboxylic acids is 1. The van der Waals surface area contributed by atoms with Gasteiger partial charge in [0.1, 0.15) is 0 Å². The predicted octanol–water partition coefficient (Wildman–Crippen LogP) is 4.78. The highest BCUT2D eigenvalue weighted by Crippen LogP contribution is 2.24. The Hall–Kier alpha value is -2.39. The van der Waals surface area contributed by atoms with Crippen molar-refractivity contribution in [3.05, 3.63) is 77.4 Å². The molecule has 0 aliphatic carbocycles. The molecule has 0 spiro atoms. The molecule has 2 aromatic carbocycles. The number of amides is 1. The van der Waals surface area contributed by atoms with Gasteiger partial charge in [0.15, 0.2) is 0 Å². The number of hydrogen-bond donors (Lipinski definition) is 0. The maximum Gasteiger partial charge on any atom is 0.222 e. The molecule has 2 aromatic rings. The summed E-state index contributed by atoms with van der Waals surface area (Å²) >= 11 is 0. The molecule has 0 atom stereocenters. The molecule has 0 bridgehead atoms. The van der Waals surface area contributed by atoms with E-state index in [-0.39, 0.29) is 0 Å². The highest BCUT2D eigenvalue weighted by molar-refractivity contribution is 5.76. The van der Waals surface area contributed by atoms with Gasteiger partial charge >= 0.3 is 0 Å². The standard InChI is InChI=1S/C26H32N2O/c29-26(28-20-16-24-10-4-5-11-25(24)21-28)13-12-23-14-18-27(19-15-23)17-6-9-22-7-2-1-3-8-22/h1-11,23H,12-21H2/b9-6+. The third-order valence-electron chi connectivity index (χ3n) is 6.43. The molecule has 1 saturated heterocycles. The first kappa shape index (κ1) is 19.9. The lowest BCUT2D eigenvalue weighted by Gasteiger charge is -2.32. The Balaban J connectivity index is 1.16. The molecule has 0 unspecified atom stereocenters. The second-order valence-electron chi connectivity index (χ2n) is 8.43. The van der Waals surface area contributed by atoms with E-state index in [1.807, 2.05) is 0 Å². The molecule has 2 aliphatic rings. The van der Waals surface area contributed by atoms with Crippen molar-refractivity contribution in [1.29, 1.82) is 0 Å². The zero-order valence-corrected chi connectivity index (χ0v) is 17.3. The highest BCUT2D eigenvalue weighted by Gasteiger charge is 2.23. The number of likely N-dealkylation sites (tertiary alicyclic amines) is 1. The average Bonchev–Trinajstić information content (AvgIpc) is 2.79. The first-order valence-electron chi connectivity index (χ1n) is 11.1. The molecule has 4 rings (SSSR count). The van der Waals surface area contributed by atoms with Crippen LogP contribution in [0.2, 0.25) is 0 Å². The van der Waals surface area contributed by atoms with Crippen LogP contribution >= 0.6 is 0 Å². The number of benzene rings is 2. The van der Waals surface area contributed by atoms with Crippen molar-refractivity contribution in [2.24, 2.45) is 5.92 Å². The summed E-state index contributed by atoms with van der Waals surface area (Å²) in [4.78, 5) is 17.3. The first-order valence-corrected chi connectivity index (χ1v) is 11.1. The van der Waals surface area contributed by atoms with Crippen LogP contribution in [0.15, 0.2) is 60.7 Å².